The number of benzene rings is 1. The summed E-state index contributed by atoms with van der Waals surface area (Å²) >= 11 is 0. The molecule has 0 aromatic heterocycles. The SMILES string of the molecule is CN(C1CCN(Cc2ccccc2)CC1)C1CCN(C2CC2)C1. The van der Waals surface area contributed by atoms with Crippen molar-refractivity contribution in [2.45, 2.75) is 56.8 Å². The molecule has 1 aromatic rings. The van der Waals surface area contributed by atoms with E-state index in [1.54, 1.807) is 0 Å². The highest BCUT2D eigenvalue weighted by molar-refractivity contribution is 5.14. The van der Waals surface area contributed by atoms with Crippen molar-refractivity contribution in [3.63, 3.8) is 0 Å². The number of rotatable bonds is 5. The average Bonchev–Trinajstić information content (AvgIpc) is 3.33. The molecule has 0 bridgehead atoms. The highest BCUT2D eigenvalue weighted by Gasteiger charge is 2.37. The Kier molecular flexibility index (Phi) is 4.70. The molecular formula is C20H31N3. The van der Waals surface area contributed by atoms with Gasteiger partial charge >= 0.3 is 0 Å². The van der Waals surface area contributed by atoms with Gasteiger partial charge in [-0.3, -0.25) is 14.7 Å². The third kappa shape index (κ3) is 3.78. The van der Waals surface area contributed by atoms with Crippen LogP contribution in [-0.2, 0) is 6.54 Å². The minimum absolute atomic E-state index is 0.797. The summed E-state index contributed by atoms with van der Waals surface area (Å²) in [5.41, 5.74) is 1.45. The molecule has 0 spiro atoms. The quantitative estimate of drug-likeness (QED) is 0.827. The van der Waals surface area contributed by atoms with Gasteiger partial charge in [-0.15, -0.1) is 0 Å². The van der Waals surface area contributed by atoms with E-state index in [9.17, 15) is 0 Å². The van der Waals surface area contributed by atoms with Crippen LogP contribution in [0.3, 0.4) is 0 Å². The van der Waals surface area contributed by atoms with E-state index >= 15 is 0 Å². The molecule has 3 fully saturated rings. The summed E-state index contributed by atoms with van der Waals surface area (Å²) in [6.45, 7) is 6.29. The van der Waals surface area contributed by atoms with E-state index in [0.717, 1.165) is 24.7 Å². The molecule has 2 heterocycles. The Labute approximate surface area is 141 Å². The molecule has 3 heteroatoms. The monoisotopic (exact) mass is 313 g/mol. The number of piperidine rings is 1. The summed E-state index contributed by atoms with van der Waals surface area (Å²) in [4.78, 5) is 8.10. The summed E-state index contributed by atoms with van der Waals surface area (Å²) in [6, 6.07) is 13.5. The van der Waals surface area contributed by atoms with E-state index in [-0.39, 0.29) is 0 Å². The highest BCUT2D eigenvalue weighted by atomic mass is 15.3. The van der Waals surface area contributed by atoms with Gasteiger partial charge in [-0.2, -0.15) is 0 Å². The minimum Gasteiger partial charge on any atom is -0.299 e. The molecule has 23 heavy (non-hydrogen) atoms. The van der Waals surface area contributed by atoms with Crippen LogP contribution in [0, 0.1) is 0 Å². The maximum absolute atomic E-state index is 2.74. The second-order valence-corrected chi connectivity index (χ2v) is 7.83. The van der Waals surface area contributed by atoms with Crippen molar-refractivity contribution in [1.29, 1.82) is 0 Å². The number of likely N-dealkylation sites (N-methyl/N-ethyl adjacent to an activating group) is 1. The third-order valence-electron chi connectivity index (χ3n) is 6.22. The van der Waals surface area contributed by atoms with Crippen LogP contribution in [0.2, 0.25) is 0 Å². The molecule has 1 aliphatic carbocycles. The van der Waals surface area contributed by atoms with Gasteiger partial charge < -0.3 is 0 Å². The topological polar surface area (TPSA) is 9.72 Å². The minimum atomic E-state index is 0.797. The molecule has 1 unspecified atom stereocenters. The van der Waals surface area contributed by atoms with Crippen LogP contribution >= 0.6 is 0 Å². The number of hydrogen-bond donors (Lipinski definition) is 0. The second-order valence-electron chi connectivity index (χ2n) is 7.83. The van der Waals surface area contributed by atoms with Crippen LogP contribution in [0.4, 0.5) is 0 Å². The van der Waals surface area contributed by atoms with Gasteiger partial charge in [-0.05, 0) is 57.8 Å². The van der Waals surface area contributed by atoms with Gasteiger partial charge in [0, 0.05) is 37.8 Å². The summed E-state index contributed by atoms with van der Waals surface area (Å²) in [6.07, 6.45) is 6.96. The molecule has 3 aliphatic rings. The Morgan fingerprint density at radius 1 is 0.913 bits per heavy atom. The normalized spacial score (nSPS) is 27.8. The summed E-state index contributed by atoms with van der Waals surface area (Å²) in [5.74, 6) is 0. The molecule has 3 nitrogen and oxygen atoms in total. The van der Waals surface area contributed by atoms with Gasteiger partial charge in [-0.1, -0.05) is 30.3 Å². The van der Waals surface area contributed by atoms with E-state index < -0.39 is 0 Å². The fraction of sp³-hybridized carbons (Fsp3) is 0.700. The summed E-state index contributed by atoms with van der Waals surface area (Å²) in [7, 11) is 2.39. The third-order valence-corrected chi connectivity index (χ3v) is 6.22. The first-order chi connectivity index (χ1) is 11.3. The molecule has 0 amide bonds. The van der Waals surface area contributed by atoms with Crippen LogP contribution in [0.15, 0.2) is 30.3 Å². The molecule has 1 aromatic carbocycles. The summed E-state index contributed by atoms with van der Waals surface area (Å²) < 4.78 is 0. The molecule has 2 aliphatic heterocycles. The molecule has 0 N–H and O–H groups in total. The van der Waals surface area contributed by atoms with Crippen molar-refractivity contribution in [2.24, 2.45) is 0 Å². The highest BCUT2D eigenvalue weighted by Crippen LogP contribution is 2.32. The van der Waals surface area contributed by atoms with Crippen molar-refractivity contribution in [3.8, 4) is 0 Å². The number of likely N-dealkylation sites (tertiary alicyclic amines) is 2. The first-order valence-corrected chi connectivity index (χ1v) is 9.52. The Morgan fingerprint density at radius 3 is 2.30 bits per heavy atom. The van der Waals surface area contributed by atoms with Crippen LogP contribution in [0.1, 0.15) is 37.7 Å². The smallest absolute Gasteiger partial charge is 0.0235 e. The first kappa shape index (κ1) is 15.6. The van der Waals surface area contributed by atoms with E-state index in [2.05, 4.69) is 52.1 Å². The zero-order chi connectivity index (χ0) is 15.6. The lowest BCUT2D eigenvalue weighted by molar-refractivity contribution is 0.0940. The van der Waals surface area contributed by atoms with Crippen molar-refractivity contribution < 1.29 is 0 Å². The van der Waals surface area contributed by atoms with E-state index in [1.807, 2.05) is 0 Å². The Hall–Kier alpha value is -0.900. The van der Waals surface area contributed by atoms with Gasteiger partial charge in [0.2, 0.25) is 0 Å². The second kappa shape index (κ2) is 6.92. The Morgan fingerprint density at radius 2 is 1.61 bits per heavy atom. The Bertz CT molecular complexity index is 491. The fourth-order valence-electron chi connectivity index (χ4n) is 4.50. The molecule has 126 valence electrons. The molecule has 4 rings (SSSR count). The molecule has 0 radical (unpaired) electrons. The van der Waals surface area contributed by atoms with E-state index in [0.29, 0.717) is 0 Å². The van der Waals surface area contributed by atoms with Crippen molar-refractivity contribution in [2.75, 3.05) is 33.2 Å². The first-order valence-electron chi connectivity index (χ1n) is 9.52. The van der Waals surface area contributed by atoms with E-state index in [4.69, 9.17) is 0 Å². The van der Waals surface area contributed by atoms with Gasteiger partial charge in [0.1, 0.15) is 0 Å². The average molecular weight is 313 g/mol. The zero-order valence-corrected chi connectivity index (χ0v) is 14.5. The van der Waals surface area contributed by atoms with E-state index in [1.165, 1.54) is 63.8 Å². The lowest BCUT2D eigenvalue weighted by Gasteiger charge is -2.39. The molecule has 1 atom stereocenters. The lowest BCUT2D eigenvalue weighted by Crippen LogP contribution is -2.47. The van der Waals surface area contributed by atoms with Crippen LogP contribution < -0.4 is 0 Å². The molecule has 1 saturated carbocycles. The Balaban J connectivity index is 1.24. The predicted octanol–water partition coefficient (Wildman–Crippen LogP) is 2.82. The molecule has 2 saturated heterocycles. The van der Waals surface area contributed by atoms with Crippen molar-refractivity contribution in [3.05, 3.63) is 35.9 Å². The maximum atomic E-state index is 2.74. The largest absolute Gasteiger partial charge is 0.299 e. The number of nitrogens with zero attached hydrogens (tertiary/aromatic N) is 3. The fourth-order valence-corrected chi connectivity index (χ4v) is 4.50. The van der Waals surface area contributed by atoms with Crippen LogP contribution in [-0.4, -0.2) is 66.1 Å². The van der Waals surface area contributed by atoms with Crippen molar-refractivity contribution >= 4 is 0 Å². The zero-order valence-electron chi connectivity index (χ0n) is 14.5. The van der Waals surface area contributed by atoms with Crippen molar-refractivity contribution in [1.82, 2.24) is 14.7 Å². The van der Waals surface area contributed by atoms with Gasteiger partial charge in [0.05, 0.1) is 0 Å². The maximum Gasteiger partial charge on any atom is 0.0235 e. The van der Waals surface area contributed by atoms with Crippen LogP contribution in [0.5, 0.6) is 0 Å². The molecular weight excluding hydrogens is 282 g/mol. The number of hydrogen-bond acceptors (Lipinski definition) is 3. The van der Waals surface area contributed by atoms with Gasteiger partial charge in [-0.25, -0.2) is 0 Å². The van der Waals surface area contributed by atoms with Gasteiger partial charge in [0.25, 0.3) is 0 Å². The predicted molar refractivity (Wildman–Crippen MR) is 95.5 cm³/mol. The van der Waals surface area contributed by atoms with Crippen LogP contribution in [0.25, 0.3) is 0 Å². The summed E-state index contributed by atoms with van der Waals surface area (Å²) in [5, 5.41) is 0. The standard InChI is InChI=1S/C20H31N3/c1-21(20-11-14-23(16-20)19-7-8-19)18-9-12-22(13-10-18)15-17-5-3-2-4-6-17/h2-6,18-20H,7-16H2,1H3. The van der Waals surface area contributed by atoms with Gasteiger partial charge in [0.15, 0.2) is 0 Å². The lowest BCUT2D eigenvalue weighted by atomic mass is 10.0.